The molecule has 0 bridgehead atoms. The molecule has 2 aromatic carbocycles. The molecule has 46 heavy (non-hydrogen) atoms. The average molecular weight is 622 g/mol. The zero-order valence-electron chi connectivity index (χ0n) is 24.8. The molecule has 14 nitrogen and oxygen atoms in total. The van der Waals surface area contributed by atoms with Gasteiger partial charge in [0.05, 0.1) is 46.3 Å². The van der Waals surface area contributed by atoms with Gasteiger partial charge < -0.3 is 16.0 Å². The molecular formula is C32H31N9O5. The number of likely N-dealkylation sites (tertiary alicyclic amines) is 1. The number of fused-ring (bicyclic) bond motifs is 2. The van der Waals surface area contributed by atoms with Gasteiger partial charge in [0.2, 0.25) is 11.8 Å². The number of urea groups is 1. The first kappa shape index (κ1) is 29.1. The second-order valence-corrected chi connectivity index (χ2v) is 11.7. The van der Waals surface area contributed by atoms with Gasteiger partial charge in [-0.15, -0.1) is 0 Å². The first-order valence-corrected chi connectivity index (χ1v) is 15.2. The number of nitrogens with zero attached hydrogens (tertiary/aromatic N) is 6. The van der Waals surface area contributed by atoms with E-state index in [9.17, 15) is 24.0 Å². The fourth-order valence-corrected chi connectivity index (χ4v) is 6.56. The summed E-state index contributed by atoms with van der Waals surface area (Å²) in [5, 5.41) is 10.1. The zero-order valence-corrected chi connectivity index (χ0v) is 24.8. The first-order valence-electron chi connectivity index (χ1n) is 15.2. The van der Waals surface area contributed by atoms with E-state index in [1.807, 2.05) is 35.1 Å². The molecule has 3 unspecified atom stereocenters. The Balaban J connectivity index is 1.01. The van der Waals surface area contributed by atoms with Crippen molar-refractivity contribution in [3.05, 3.63) is 72.2 Å². The van der Waals surface area contributed by atoms with Crippen LogP contribution in [0.25, 0.3) is 22.3 Å². The van der Waals surface area contributed by atoms with Crippen LogP contribution in [0.2, 0.25) is 0 Å². The van der Waals surface area contributed by atoms with Crippen LogP contribution < -0.4 is 16.4 Å². The van der Waals surface area contributed by atoms with Crippen molar-refractivity contribution in [2.75, 3.05) is 18.4 Å². The first-order chi connectivity index (χ1) is 22.3. The van der Waals surface area contributed by atoms with Crippen LogP contribution in [-0.2, 0) is 9.59 Å². The number of aromatic nitrogens is 4. The third kappa shape index (κ3) is 5.31. The van der Waals surface area contributed by atoms with Crippen LogP contribution in [-0.4, -0.2) is 84.4 Å². The van der Waals surface area contributed by atoms with Gasteiger partial charge in [-0.25, -0.2) is 9.78 Å². The number of carbonyl (C=O) groups excluding carboxylic acids is 5. The van der Waals surface area contributed by atoms with Crippen molar-refractivity contribution < 1.29 is 24.0 Å². The van der Waals surface area contributed by atoms with Crippen molar-refractivity contribution >= 4 is 46.4 Å². The summed E-state index contributed by atoms with van der Waals surface area (Å²) in [5.41, 5.74) is 9.99. The fourth-order valence-electron chi connectivity index (χ4n) is 6.56. The average Bonchev–Trinajstić information content (AvgIpc) is 3.64. The van der Waals surface area contributed by atoms with Crippen LogP contribution in [0.4, 0.5) is 10.5 Å². The van der Waals surface area contributed by atoms with Gasteiger partial charge in [0.25, 0.3) is 11.8 Å². The van der Waals surface area contributed by atoms with Gasteiger partial charge in [0, 0.05) is 43.0 Å². The second-order valence-electron chi connectivity index (χ2n) is 11.7. The summed E-state index contributed by atoms with van der Waals surface area (Å²) in [7, 11) is 0. The van der Waals surface area contributed by atoms with Crippen LogP contribution in [0, 0.1) is 0 Å². The van der Waals surface area contributed by atoms with Gasteiger partial charge in [-0.1, -0.05) is 12.1 Å². The predicted octanol–water partition coefficient (Wildman–Crippen LogP) is 2.48. The lowest BCUT2D eigenvalue weighted by atomic mass is 9.95. The van der Waals surface area contributed by atoms with Gasteiger partial charge >= 0.3 is 6.03 Å². The summed E-state index contributed by atoms with van der Waals surface area (Å²) >= 11 is 0. The van der Waals surface area contributed by atoms with E-state index < -0.39 is 35.7 Å². The Morgan fingerprint density at radius 2 is 1.80 bits per heavy atom. The number of primary amides is 1. The number of nitrogens with two attached hydrogens (primary N) is 1. The monoisotopic (exact) mass is 621 g/mol. The van der Waals surface area contributed by atoms with Crippen LogP contribution in [0.5, 0.6) is 0 Å². The number of hydrogen-bond acceptors (Lipinski definition) is 9. The normalized spacial score (nSPS) is 21.4. The van der Waals surface area contributed by atoms with Gasteiger partial charge in [-0.2, -0.15) is 5.10 Å². The van der Waals surface area contributed by atoms with E-state index in [0.717, 1.165) is 27.2 Å². The second kappa shape index (κ2) is 11.7. The molecule has 3 aliphatic heterocycles. The number of carbonyl (C=O) groups is 5. The van der Waals surface area contributed by atoms with E-state index in [1.54, 1.807) is 35.5 Å². The maximum Gasteiger partial charge on any atom is 0.315 e. The molecule has 14 heteroatoms. The number of amides is 6. The Labute approximate surface area is 262 Å². The Morgan fingerprint density at radius 3 is 2.61 bits per heavy atom. The highest BCUT2D eigenvalue weighted by molar-refractivity contribution is 6.23. The number of para-hydroxylation sites is 2. The minimum Gasteiger partial charge on any atom is -0.385 e. The summed E-state index contributed by atoms with van der Waals surface area (Å²) in [5.74, 6) is -2.20. The Morgan fingerprint density at radius 1 is 1.00 bits per heavy atom. The van der Waals surface area contributed by atoms with E-state index >= 15 is 0 Å². The molecule has 3 aliphatic rings. The number of hydrogen-bond donors (Lipinski definition) is 3. The standard InChI is InChI=1S/C32H31N9O5/c33-32(46)39-12-10-21(40-17-18(15-36-40)26-16-35-24-3-1-2-4-25(24)37-26)14-20(39)9-11-34-19-5-6-22-23(13-19)31(45)41(30(22)44)27-7-8-28(42)38-29(27)43/h1-6,13,15-17,20-21,27,34H,7-12,14H2,(H2,33,46)(H,38,42,43). The number of rotatable bonds is 7. The van der Waals surface area contributed by atoms with Crippen LogP contribution in [0.15, 0.2) is 61.1 Å². The molecule has 0 spiro atoms. The SMILES string of the molecule is NC(=O)N1CCC(n2cc(-c3cnc4ccccc4n3)cn2)CC1CCNc1ccc2c(c1)C(=O)N(C1CCC(=O)NC1=O)C2=O. The summed E-state index contributed by atoms with van der Waals surface area (Å²) in [6, 6.07) is 10.9. The van der Waals surface area contributed by atoms with Crippen LogP contribution >= 0.6 is 0 Å². The summed E-state index contributed by atoms with van der Waals surface area (Å²) in [6.07, 6.45) is 7.55. The van der Waals surface area contributed by atoms with Gasteiger partial charge in [-0.05, 0) is 56.0 Å². The van der Waals surface area contributed by atoms with Gasteiger partial charge in [0.1, 0.15) is 6.04 Å². The maximum absolute atomic E-state index is 13.2. The highest BCUT2D eigenvalue weighted by atomic mass is 16.2. The minimum atomic E-state index is -1.02. The lowest BCUT2D eigenvalue weighted by Gasteiger charge is -2.38. The molecule has 4 N–H and O–H groups in total. The molecule has 0 aliphatic carbocycles. The quantitative estimate of drug-likeness (QED) is 0.261. The summed E-state index contributed by atoms with van der Waals surface area (Å²) in [6.45, 7) is 0.956. The van der Waals surface area contributed by atoms with Crippen molar-refractivity contribution in [2.24, 2.45) is 5.73 Å². The van der Waals surface area contributed by atoms with Crippen molar-refractivity contribution in [3.8, 4) is 11.3 Å². The lowest BCUT2D eigenvalue weighted by molar-refractivity contribution is -0.136. The summed E-state index contributed by atoms with van der Waals surface area (Å²) in [4.78, 5) is 74.2. The molecule has 0 radical (unpaired) electrons. The number of piperidine rings is 2. The van der Waals surface area contributed by atoms with E-state index in [2.05, 4.69) is 20.7 Å². The smallest absolute Gasteiger partial charge is 0.315 e. The zero-order chi connectivity index (χ0) is 31.9. The van der Waals surface area contributed by atoms with E-state index in [4.69, 9.17) is 10.7 Å². The Bertz CT molecular complexity index is 1910. The largest absolute Gasteiger partial charge is 0.385 e. The highest BCUT2D eigenvalue weighted by Gasteiger charge is 2.44. The molecule has 5 heterocycles. The molecule has 0 saturated carbocycles. The topological polar surface area (TPSA) is 186 Å². The molecule has 234 valence electrons. The van der Waals surface area contributed by atoms with E-state index in [1.165, 1.54) is 0 Å². The fraction of sp³-hybridized carbons (Fsp3) is 0.312. The molecule has 4 aromatic rings. The van der Waals surface area contributed by atoms with Crippen molar-refractivity contribution in [3.63, 3.8) is 0 Å². The van der Waals surface area contributed by atoms with Gasteiger partial charge in [0.15, 0.2) is 0 Å². The lowest BCUT2D eigenvalue weighted by Crippen LogP contribution is -2.54. The third-order valence-electron chi connectivity index (χ3n) is 8.94. The van der Waals surface area contributed by atoms with E-state index in [0.29, 0.717) is 38.0 Å². The molecule has 7 rings (SSSR count). The molecule has 2 aromatic heterocycles. The third-order valence-corrected chi connectivity index (χ3v) is 8.94. The predicted molar refractivity (Wildman–Crippen MR) is 165 cm³/mol. The molecular weight excluding hydrogens is 590 g/mol. The Hall–Kier alpha value is -5.66. The Kier molecular flexibility index (Phi) is 7.39. The van der Waals surface area contributed by atoms with Crippen molar-refractivity contribution in [1.29, 1.82) is 0 Å². The minimum absolute atomic E-state index is 0.0460. The number of anilines is 1. The van der Waals surface area contributed by atoms with Crippen LogP contribution in [0.3, 0.4) is 0 Å². The molecule has 3 atom stereocenters. The highest BCUT2D eigenvalue weighted by Crippen LogP contribution is 2.32. The van der Waals surface area contributed by atoms with E-state index in [-0.39, 0.29) is 36.1 Å². The molecule has 2 saturated heterocycles. The molecule has 2 fully saturated rings. The summed E-state index contributed by atoms with van der Waals surface area (Å²) < 4.78 is 1.92. The van der Waals surface area contributed by atoms with Crippen molar-refractivity contribution in [2.45, 2.75) is 50.2 Å². The molecule has 6 amide bonds. The number of nitrogens with one attached hydrogen (secondary N) is 2. The number of benzene rings is 2. The van der Waals surface area contributed by atoms with Gasteiger partial charge in [-0.3, -0.25) is 39.1 Å². The maximum atomic E-state index is 13.2. The van der Waals surface area contributed by atoms with Crippen molar-refractivity contribution in [1.82, 2.24) is 34.9 Å². The van der Waals surface area contributed by atoms with Crippen LogP contribution in [0.1, 0.15) is 58.9 Å². The number of imide groups is 2.